The fourth-order valence-corrected chi connectivity index (χ4v) is 7.29. The Morgan fingerprint density at radius 3 is 2.47 bits per heavy atom. The zero-order valence-corrected chi connectivity index (χ0v) is 22.1. The van der Waals surface area contributed by atoms with Crippen molar-refractivity contribution in [3.05, 3.63) is 68.1 Å². The van der Waals surface area contributed by atoms with Crippen LogP contribution in [0.1, 0.15) is 35.8 Å². The number of methoxy groups -OCH3 is 1. The molecular formula is C26H23F3N2O5S2. The Labute approximate surface area is 223 Å². The largest absolute Gasteiger partial charge is 0.493 e. The summed E-state index contributed by atoms with van der Waals surface area (Å²) in [7, 11) is 1.47. The number of carbonyl (C=O) groups excluding carboxylic acids is 2. The van der Waals surface area contributed by atoms with Gasteiger partial charge < -0.3 is 14.5 Å². The van der Waals surface area contributed by atoms with Gasteiger partial charge in [0.15, 0.2) is 11.5 Å². The van der Waals surface area contributed by atoms with Crippen LogP contribution < -0.4 is 19.2 Å². The number of carbonyl (C=O) groups is 2. The lowest BCUT2D eigenvalue weighted by molar-refractivity contribution is -0.137. The Hall–Kier alpha value is -3.25. The minimum Gasteiger partial charge on any atom is -0.493 e. The van der Waals surface area contributed by atoms with Gasteiger partial charge in [-0.25, -0.2) is 4.90 Å². The Bertz CT molecular complexity index is 1470. The van der Waals surface area contributed by atoms with Crippen LogP contribution in [0.5, 0.6) is 11.5 Å². The van der Waals surface area contributed by atoms with Crippen molar-refractivity contribution in [3.63, 3.8) is 0 Å². The topological polar surface area (TPSA) is 88.7 Å². The second kappa shape index (κ2) is 9.81. The number of H-pyrrole nitrogens is 1. The number of para-hydroxylation sites is 1. The molecule has 2 amide bonds. The zero-order chi connectivity index (χ0) is 27.4. The first-order valence-corrected chi connectivity index (χ1v) is 13.4. The summed E-state index contributed by atoms with van der Waals surface area (Å²) in [6.07, 6.45) is -4.76. The summed E-state index contributed by atoms with van der Waals surface area (Å²) < 4.78 is 52.7. The molecule has 0 radical (unpaired) electrons. The van der Waals surface area contributed by atoms with Crippen LogP contribution >= 0.6 is 23.1 Å². The summed E-state index contributed by atoms with van der Waals surface area (Å²) in [4.78, 5) is 43.2. The third-order valence-corrected chi connectivity index (χ3v) is 8.79. The minimum absolute atomic E-state index is 0.267. The van der Waals surface area contributed by atoms with E-state index >= 15 is 0 Å². The van der Waals surface area contributed by atoms with E-state index < -0.39 is 46.3 Å². The van der Waals surface area contributed by atoms with E-state index in [4.69, 9.17) is 9.47 Å². The van der Waals surface area contributed by atoms with Gasteiger partial charge >= 0.3 is 11.0 Å². The molecule has 200 valence electrons. The van der Waals surface area contributed by atoms with Crippen LogP contribution in [0.2, 0.25) is 0 Å². The van der Waals surface area contributed by atoms with Crippen LogP contribution in [0.3, 0.4) is 0 Å². The monoisotopic (exact) mass is 564 g/mol. The average Bonchev–Trinajstić information content (AvgIpc) is 3.36. The number of fused-ring (bicyclic) bond motifs is 2. The number of ether oxygens (including phenoxy) is 2. The highest BCUT2D eigenvalue weighted by atomic mass is 32.2. The molecule has 1 saturated heterocycles. The summed E-state index contributed by atoms with van der Waals surface area (Å²) in [5, 5.41) is -0.591. The molecule has 5 rings (SSSR count). The molecule has 3 atom stereocenters. The average molecular weight is 565 g/mol. The summed E-state index contributed by atoms with van der Waals surface area (Å²) in [6, 6.07) is 9.64. The zero-order valence-electron chi connectivity index (χ0n) is 20.5. The number of thiazole rings is 1. The first kappa shape index (κ1) is 26.4. The van der Waals surface area contributed by atoms with Crippen molar-refractivity contribution >= 4 is 40.6 Å². The number of anilines is 1. The minimum atomic E-state index is -4.76. The van der Waals surface area contributed by atoms with Gasteiger partial charge in [0.05, 0.1) is 35.9 Å². The van der Waals surface area contributed by atoms with E-state index in [1.165, 1.54) is 19.2 Å². The molecule has 38 heavy (non-hydrogen) atoms. The normalized spacial score (nSPS) is 21.0. The fourth-order valence-electron chi connectivity index (χ4n) is 4.78. The van der Waals surface area contributed by atoms with E-state index in [2.05, 4.69) is 4.98 Å². The number of halogens is 3. The van der Waals surface area contributed by atoms with Crippen molar-refractivity contribution < 1.29 is 32.2 Å². The first-order chi connectivity index (χ1) is 18.0. The number of imide groups is 1. The molecule has 1 aromatic heterocycles. The fraction of sp³-hybridized carbons (Fsp3) is 0.346. The third kappa shape index (κ3) is 4.49. The van der Waals surface area contributed by atoms with E-state index in [1.807, 2.05) is 13.8 Å². The van der Waals surface area contributed by atoms with E-state index in [9.17, 15) is 27.6 Å². The van der Waals surface area contributed by atoms with Gasteiger partial charge in [-0.2, -0.15) is 13.2 Å². The second-order valence-electron chi connectivity index (χ2n) is 9.39. The van der Waals surface area contributed by atoms with Crippen molar-refractivity contribution in [1.29, 1.82) is 0 Å². The quantitative estimate of drug-likeness (QED) is 0.409. The lowest BCUT2D eigenvalue weighted by atomic mass is 9.83. The van der Waals surface area contributed by atoms with Crippen LogP contribution in [0.25, 0.3) is 0 Å². The maximum absolute atomic E-state index is 13.8. The molecule has 0 spiro atoms. The number of rotatable bonds is 6. The Balaban J connectivity index is 1.62. The number of thioether (sulfide) groups is 1. The Kier molecular flexibility index (Phi) is 6.80. The summed E-state index contributed by atoms with van der Waals surface area (Å²) in [5.74, 6) is -2.13. The highest BCUT2D eigenvalue weighted by Gasteiger charge is 2.57. The number of hydrogen-bond acceptors (Lipinski definition) is 7. The maximum Gasteiger partial charge on any atom is 0.418 e. The Morgan fingerprint density at radius 1 is 1.05 bits per heavy atom. The van der Waals surface area contributed by atoms with Gasteiger partial charge in [0, 0.05) is 10.8 Å². The predicted molar refractivity (Wildman–Crippen MR) is 137 cm³/mol. The highest BCUT2D eigenvalue weighted by molar-refractivity contribution is 8.00. The number of nitrogens with zero attached hydrogens (tertiary/aromatic N) is 1. The lowest BCUT2D eigenvalue weighted by Crippen LogP contribution is -2.33. The smallest absolute Gasteiger partial charge is 0.418 e. The molecule has 2 aliphatic heterocycles. The van der Waals surface area contributed by atoms with E-state index in [-0.39, 0.29) is 10.8 Å². The molecular weight excluding hydrogens is 541 g/mol. The van der Waals surface area contributed by atoms with Gasteiger partial charge in [-0.3, -0.25) is 14.4 Å². The molecule has 12 heteroatoms. The predicted octanol–water partition coefficient (Wildman–Crippen LogP) is 5.29. The van der Waals surface area contributed by atoms with Crippen molar-refractivity contribution in [2.45, 2.75) is 36.2 Å². The van der Waals surface area contributed by atoms with Crippen molar-refractivity contribution in [3.8, 4) is 11.5 Å². The number of nitrogens with one attached hydrogen (secondary N) is 1. The third-order valence-electron chi connectivity index (χ3n) is 6.39. The van der Waals surface area contributed by atoms with Gasteiger partial charge in [-0.15, -0.1) is 0 Å². The molecule has 1 fully saturated rings. The highest BCUT2D eigenvalue weighted by Crippen LogP contribution is 2.54. The number of hydrogen-bond donors (Lipinski definition) is 1. The van der Waals surface area contributed by atoms with Crippen molar-refractivity contribution in [1.82, 2.24) is 4.98 Å². The van der Waals surface area contributed by atoms with Crippen LogP contribution in [0.15, 0.2) is 52.3 Å². The summed E-state index contributed by atoms with van der Waals surface area (Å²) in [6.45, 7) is 4.45. The molecule has 2 aliphatic rings. The molecule has 3 unspecified atom stereocenters. The van der Waals surface area contributed by atoms with Gasteiger partial charge in [-0.05, 0) is 35.7 Å². The number of benzene rings is 2. The summed E-state index contributed by atoms with van der Waals surface area (Å²) in [5.41, 5.74) is -0.994. The number of aromatic amines is 1. The summed E-state index contributed by atoms with van der Waals surface area (Å²) >= 11 is 1.92. The van der Waals surface area contributed by atoms with Crippen molar-refractivity contribution in [2.75, 3.05) is 18.6 Å². The molecule has 0 aliphatic carbocycles. The lowest BCUT2D eigenvalue weighted by Gasteiger charge is -2.30. The molecule has 0 saturated carbocycles. The van der Waals surface area contributed by atoms with Crippen LogP contribution in [-0.4, -0.2) is 35.8 Å². The van der Waals surface area contributed by atoms with Crippen molar-refractivity contribution in [2.24, 2.45) is 11.8 Å². The maximum atomic E-state index is 13.8. The van der Waals surface area contributed by atoms with Crippen LogP contribution in [0.4, 0.5) is 18.9 Å². The second-order valence-corrected chi connectivity index (χ2v) is 11.6. The molecule has 2 aromatic carbocycles. The molecule has 3 heterocycles. The van der Waals surface area contributed by atoms with Crippen LogP contribution in [0, 0.1) is 11.8 Å². The molecule has 1 N–H and O–H groups in total. The Morgan fingerprint density at radius 2 is 1.79 bits per heavy atom. The first-order valence-electron chi connectivity index (χ1n) is 11.8. The SMILES string of the molecule is COc1cc(C2c3sc(=O)[nH]c3SC3C(=O)N(c4ccccc4C(F)(F)F)C(=O)C32)ccc1OCC(C)C. The van der Waals surface area contributed by atoms with Crippen LogP contribution in [-0.2, 0) is 15.8 Å². The van der Waals surface area contributed by atoms with E-state index in [0.29, 0.717) is 38.5 Å². The number of alkyl halides is 3. The van der Waals surface area contributed by atoms with E-state index in [1.54, 1.807) is 18.2 Å². The number of amides is 2. The molecule has 3 aromatic rings. The van der Waals surface area contributed by atoms with Gasteiger partial charge in [0.1, 0.15) is 5.25 Å². The van der Waals surface area contributed by atoms with Gasteiger partial charge in [0.2, 0.25) is 11.8 Å². The standard InChI is InChI=1S/C26H23F3N2O5S2/c1-12(2)11-36-16-9-8-13(10-17(16)35-3)18-19-21(37-22-20(18)38-25(34)30-22)24(33)31(23(19)32)15-7-5-4-6-14(15)26(27,28)29/h4-10,12,18-19,21H,11H2,1-3H3,(H,30,34). The number of aromatic nitrogens is 1. The molecule has 0 bridgehead atoms. The van der Waals surface area contributed by atoms with Gasteiger partial charge in [-0.1, -0.05) is 55.1 Å². The van der Waals surface area contributed by atoms with E-state index in [0.717, 1.165) is 35.2 Å². The molecule has 7 nitrogen and oxygen atoms in total. The van der Waals surface area contributed by atoms with Gasteiger partial charge in [0.25, 0.3) is 0 Å².